The van der Waals surface area contributed by atoms with E-state index in [4.69, 9.17) is 4.74 Å². The smallest absolute Gasteiger partial charge is 0.124 e. The van der Waals surface area contributed by atoms with Gasteiger partial charge < -0.3 is 10.1 Å². The van der Waals surface area contributed by atoms with Gasteiger partial charge in [-0.2, -0.15) is 0 Å². The summed E-state index contributed by atoms with van der Waals surface area (Å²) >= 11 is 3.56. The van der Waals surface area contributed by atoms with E-state index in [0.717, 1.165) is 16.8 Å². The summed E-state index contributed by atoms with van der Waals surface area (Å²) in [5, 5.41) is 3.60. The lowest BCUT2D eigenvalue weighted by Crippen LogP contribution is -2.27. The van der Waals surface area contributed by atoms with E-state index in [9.17, 15) is 0 Å². The van der Waals surface area contributed by atoms with E-state index in [1.807, 2.05) is 0 Å². The van der Waals surface area contributed by atoms with Crippen molar-refractivity contribution in [1.82, 2.24) is 5.32 Å². The topological polar surface area (TPSA) is 21.3 Å². The van der Waals surface area contributed by atoms with Crippen LogP contribution in [-0.2, 0) is 0 Å². The molecule has 1 saturated heterocycles. The Hall–Kier alpha value is -0.540. The summed E-state index contributed by atoms with van der Waals surface area (Å²) in [6.07, 6.45) is 6.73. The Bertz CT molecular complexity index is 397. The quantitative estimate of drug-likeness (QED) is 0.916. The van der Waals surface area contributed by atoms with Crippen LogP contribution in [0, 0.1) is 0 Å². The molecule has 0 spiro atoms. The van der Waals surface area contributed by atoms with Gasteiger partial charge in [-0.05, 0) is 50.4 Å². The first-order valence-corrected chi connectivity index (χ1v) is 7.32. The standard InChI is InChI=1S/C14H18BrNO/c15-10-4-7-14(17-11-5-6-11)12(9-10)13-3-1-2-8-16-13/h4,7,9,11,13,16H,1-3,5-6,8H2. The highest BCUT2D eigenvalue weighted by Crippen LogP contribution is 2.36. The number of rotatable bonds is 3. The molecule has 0 amide bonds. The largest absolute Gasteiger partial charge is 0.490 e. The molecule has 92 valence electrons. The Balaban J connectivity index is 1.85. The Morgan fingerprint density at radius 3 is 2.76 bits per heavy atom. The highest BCUT2D eigenvalue weighted by atomic mass is 79.9. The lowest BCUT2D eigenvalue weighted by molar-refractivity contribution is 0.292. The first-order chi connectivity index (χ1) is 8.33. The van der Waals surface area contributed by atoms with Crippen LogP contribution in [0.25, 0.3) is 0 Å². The second-order valence-electron chi connectivity index (χ2n) is 5.00. The molecule has 1 aromatic carbocycles. The van der Waals surface area contributed by atoms with Crippen LogP contribution in [0.15, 0.2) is 22.7 Å². The zero-order valence-electron chi connectivity index (χ0n) is 9.92. The average Bonchev–Trinajstić information content (AvgIpc) is 3.17. The van der Waals surface area contributed by atoms with Gasteiger partial charge in [0.1, 0.15) is 5.75 Å². The SMILES string of the molecule is Brc1ccc(OC2CC2)c(C2CCCCN2)c1. The summed E-state index contributed by atoms with van der Waals surface area (Å²) in [6, 6.07) is 6.86. The highest BCUT2D eigenvalue weighted by Gasteiger charge is 2.26. The van der Waals surface area contributed by atoms with Gasteiger partial charge >= 0.3 is 0 Å². The fourth-order valence-corrected chi connectivity index (χ4v) is 2.76. The molecular weight excluding hydrogens is 278 g/mol. The minimum atomic E-state index is 0.468. The molecule has 1 aliphatic heterocycles. The van der Waals surface area contributed by atoms with Crippen LogP contribution in [0.1, 0.15) is 43.7 Å². The van der Waals surface area contributed by atoms with Crippen LogP contribution in [0.2, 0.25) is 0 Å². The molecule has 0 bridgehead atoms. The predicted octanol–water partition coefficient (Wildman–Crippen LogP) is 3.80. The molecule has 2 aliphatic rings. The van der Waals surface area contributed by atoms with Crippen LogP contribution < -0.4 is 10.1 Å². The van der Waals surface area contributed by atoms with Crippen molar-refractivity contribution in [1.29, 1.82) is 0 Å². The monoisotopic (exact) mass is 295 g/mol. The van der Waals surface area contributed by atoms with Crippen molar-refractivity contribution in [2.24, 2.45) is 0 Å². The van der Waals surface area contributed by atoms with Gasteiger partial charge in [-0.1, -0.05) is 22.4 Å². The van der Waals surface area contributed by atoms with Gasteiger partial charge in [-0.25, -0.2) is 0 Å². The predicted molar refractivity (Wildman–Crippen MR) is 72.4 cm³/mol. The first-order valence-electron chi connectivity index (χ1n) is 6.52. The van der Waals surface area contributed by atoms with Crippen molar-refractivity contribution in [2.75, 3.05) is 6.54 Å². The molecule has 3 heteroatoms. The molecule has 17 heavy (non-hydrogen) atoms. The number of benzene rings is 1. The summed E-state index contributed by atoms with van der Waals surface area (Å²) < 4.78 is 7.15. The third-order valence-corrected chi connectivity index (χ3v) is 3.97. The van der Waals surface area contributed by atoms with Crippen molar-refractivity contribution in [2.45, 2.75) is 44.2 Å². The van der Waals surface area contributed by atoms with Gasteiger partial charge in [-0.15, -0.1) is 0 Å². The maximum atomic E-state index is 6.00. The normalized spacial score (nSPS) is 24.6. The molecule has 2 nitrogen and oxygen atoms in total. The molecule has 1 atom stereocenters. The minimum Gasteiger partial charge on any atom is -0.490 e. The second kappa shape index (κ2) is 4.99. The molecule has 1 saturated carbocycles. The van der Waals surface area contributed by atoms with Gasteiger partial charge in [0.05, 0.1) is 6.10 Å². The van der Waals surface area contributed by atoms with Gasteiger partial charge in [0, 0.05) is 16.1 Å². The number of hydrogen-bond acceptors (Lipinski definition) is 2. The summed E-state index contributed by atoms with van der Waals surface area (Å²) in [5.41, 5.74) is 1.32. The second-order valence-corrected chi connectivity index (χ2v) is 5.92. The highest BCUT2D eigenvalue weighted by molar-refractivity contribution is 9.10. The molecule has 2 fully saturated rings. The summed E-state index contributed by atoms with van der Waals surface area (Å²) in [5.74, 6) is 1.08. The molecule has 0 radical (unpaired) electrons. The molecule has 1 aliphatic carbocycles. The number of hydrogen-bond donors (Lipinski definition) is 1. The molecule has 3 rings (SSSR count). The van der Waals surface area contributed by atoms with Crippen LogP contribution in [0.3, 0.4) is 0 Å². The van der Waals surface area contributed by atoms with E-state index in [0.29, 0.717) is 12.1 Å². The fourth-order valence-electron chi connectivity index (χ4n) is 2.38. The Morgan fingerprint density at radius 1 is 1.18 bits per heavy atom. The van der Waals surface area contributed by atoms with Crippen LogP contribution in [-0.4, -0.2) is 12.6 Å². The van der Waals surface area contributed by atoms with Crippen molar-refractivity contribution in [3.63, 3.8) is 0 Å². The van der Waals surface area contributed by atoms with E-state index in [-0.39, 0.29) is 0 Å². The molecular formula is C14H18BrNO. The zero-order valence-corrected chi connectivity index (χ0v) is 11.5. The van der Waals surface area contributed by atoms with Crippen molar-refractivity contribution >= 4 is 15.9 Å². The van der Waals surface area contributed by atoms with Crippen molar-refractivity contribution < 1.29 is 4.74 Å². The zero-order chi connectivity index (χ0) is 11.7. The van der Waals surface area contributed by atoms with Gasteiger partial charge in [-0.3, -0.25) is 0 Å². The molecule has 1 unspecified atom stereocenters. The van der Waals surface area contributed by atoms with E-state index in [1.54, 1.807) is 0 Å². The molecule has 1 N–H and O–H groups in total. The van der Waals surface area contributed by atoms with Crippen LogP contribution in [0.5, 0.6) is 5.75 Å². The van der Waals surface area contributed by atoms with Gasteiger partial charge in [0.15, 0.2) is 0 Å². The summed E-state index contributed by atoms with van der Waals surface area (Å²) in [4.78, 5) is 0. The summed E-state index contributed by atoms with van der Waals surface area (Å²) in [6.45, 7) is 1.13. The minimum absolute atomic E-state index is 0.468. The third-order valence-electron chi connectivity index (χ3n) is 3.48. The van der Waals surface area contributed by atoms with Crippen molar-refractivity contribution in [3.05, 3.63) is 28.2 Å². The van der Waals surface area contributed by atoms with Gasteiger partial charge in [0.2, 0.25) is 0 Å². The van der Waals surface area contributed by atoms with Crippen LogP contribution in [0.4, 0.5) is 0 Å². The van der Waals surface area contributed by atoms with E-state index in [1.165, 1.54) is 37.7 Å². The molecule has 1 heterocycles. The lowest BCUT2D eigenvalue weighted by Gasteiger charge is -2.26. The van der Waals surface area contributed by atoms with Crippen LogP contribution >= 0.6 is 15.9 Å². The van der Waals surface area contributed by atoms with E-state index < -0.39 is 0 Å². The number of halogens is 1. The maximum absolute atomic E-state index is 6.00. The molecule has 1 aromatic rings. The average molecular weight is 296 g/mol. The Kier molecular flexibility index (Phi) is 3.39. The van der Waals surface area contributed by atoms with E-state index >= 15 is 0 Å². The Morgan fingerprint density at radius 2 is 2.06 bits per heavy atom. The van der Waals surface area contributed by atoms with E-state index in [2.05, 4.69) is 39.4 Å². The third kappa shape index (κ3) is 2.83. The lowest BCUT2D eigenvalue weighted by atomic mass is 9.97. The number of nitrogens with one attached hydrogen (secondary N) is 1. The maximum Gasteiger partial charge on any atom is 0.124 e. The van der Waals surface area contributed by atoms with Gasteiger partial charge in [0.25, 0.3) is 0 Å². The van der Waals surface area contributed by atoms with Crippen molar-refractivity contribution in [3.8, 4) is 5.75 Å². The first kappa shape index (κ1) is 11.5. The Labute approximate surface area is 111 Å². The fraction of sp³-hybridized carbons (Fsp3) is 0.571. The number of piperidine rings is 1. The molecule has 0 aromatic heterocycles. The summed E-state index contributed by atoms with van der Waals surface area (Å²) in [7, 11) is 0. The number of ether oxygens (including phenoxy) is 1.